The lowest BCUT2D eigenvalue weighted by Crippen LogP contribution is -2.01. The fourth-order valence-electron chi connectivity index (χ4n) is 1.23. The molecule has 0 aliphatic carbocycles. The van der Waals surface area contributed by atoms with Crippen LogP contribution in [0.4, 0.5) is 0 Å². The summed E-state index contributed by atoms with van der Waals surface area (Å²) in [7, 11) is 1.33. The average Bonchev–Trinajstić information content (AvgIpc) is 2.55. The topological polar surface area (TPSA) is 39.2 Å². The minimum Gasteiger partial charge on any atom is -0.465 e. The Hall–Kier alpha value is -0.650. The highest BCUT2D eigenvalue weighted by molar-refractivity contribution is 9.11. The lowest BCUT2D eigenvalue weighted by Gasteiger charge is -2.00. The highest BCUT2D eigenvalue weighted by Gasteiger charge is 2.15. The molecule has 0 atom stereocenters. The Balaban J connectivity index is 2.75. The molecule has 6 heteroatoms. The largest absolute Gasteiger partial charge is 0.465 e. The fraction of sp³-hybridized carbons (Fsp3) is 0.111. The summed E-state index contributed by atoms with van der Waals surface area (Å²) in [4.78, 5) is 15.7. The zero-order valence-corrected chi connectivity index (χ0v) is 10.7. The van der Waals surface area contributed by atoms with Crippen molar-refractivity contribution in [1.29, 1.82) is 0 Å². The number of halogens is 2. The molecule has 0 saturated carbocycles. The quantitative estimate of drug-likeness (QED) is 0.757. The standard InChI is InChI=1S/C9H5BrClNO2S/c1-14-8(13)5-2-4(11)3-6-7(5)12-9(10)15-6/h2-3H,1H3. The molecule has 3 nitrogen and oxygen atoms in total. The van der Waals surface area contributed by atoms with Gasteiger partial charge in [-0.2, -0.15) is 0 Å². The maximum absolute atomic E-state index is 11.5. The van der Waals surface area contributed by atoms with Gasteiger partial charge in [-0.25, -0.2) is 9.78 Å². The van der Waals surface area contributed by atoms with Crippen LogP contribution >= 0.6 is 38.9 Å². The summed E-state index contributed by atoms with van der Waals surface area (Å²) in [6.45, 7) is 0. The predicted octanol–water partition coefficient (Wildman–Crippen LogP) is 3.50. The van der Waals surface area contributed by atoms with Crippen molar-refractivity contribution in [1.82, 2.24) is 4.98 Å². The monoisotopic (exact) mass is 305 g/mol. The summed E-state index contributed by atoms with van der Waals surface area (Å²) in [6, 6.07) is 3.33. The summed E-state index contributed by atoms with van der Waals surface area (Å²) in [5, 5.41) is 0.499. The summed E-state index contributed by atoms with van der Waals surface area (Å²) in [5.74, 6) is -0.430. The lowest BCUT2D eigenvalue weighted by atomic mass is 10.2. The van der Waals surface area contributed by atoms with Crippen LogP contribution < -0.4 is 0 Å². The van der Waals surface area contributed by atoms with Crippen LogP contribution in [0, 0.1) is 0 Å². The van der Waals surface area contributed by atoms with Gasteiger partial charge in [0, 0.05) is 5.02 Å². The SMILES string of the molecule is COC(=O)c1cc(Cl)cc2sc(Br)nc12. The molecule has 0 N–H and O–H groups in total. The van der Waals surface area contributed by atoms with Gasteiger partial charge >= 0.3 is 5.97 Å². The number of nitrogens with zero attached hydrogens (tertiary/aromatic N) is 1. The maximum Gasteiger partial charge on any atom is 0.340 e. The second kappa shape index (κ2) is 4.08. The predicted molar refractivity (Wildman–Crippen MR) is 63.7 cm³/mol. The number of ether oxygens (including phenoxy) is 1. The van der Waals surface area contributed by atoms with Crippen molar-refractivity contribution in [2.75, 3.05) is 7.11 Å². The van der Waals surface area contributed by atoms with Crippen molar-refractivity contribution >= 4 is 55.1 Å². The van der Waals surface area contributed by atoms with Crippen LogP contribution in [0.2, 0.25) is 5.02 Å². The van der Waals surface area contributed by atoms with Gasteiger partial charge in [0.15, 0.2) is 3.92 Å². The molecular weight excluding hydrogens is 302 g/mol. The van der Waals surface area contributed by atoms with Crippen LogP contribution in [0.5, 0.6) is 0 Å². The third-order valence-electron chi connectivity index (χ3n) is 1.84. The van der Waals surface area contributed by atoms with Crippen LogP contribution in [0.15, 0.2) is 16.0 Å². The van der Waals surface area contributed by atoms with Gasteiger partial charge in [0.05, 0.1) is 22.9 Å². The molecule has 0 fully saturated rings. The number of methoxy groups -OCH3 is 1. The molecule has 0 unspecified atom stereocenters. The van der Waals surface area contributed by atoms with Crippen LogP contribution in [0.1, 0.15) is 10.4 Å². The lowest BCUT2D eigenvalue weighted by molar-refractivity contribution is 0.0603. The first-order valence-corrected chi connectivity index (χ1v) is 5.94. The third kappa shape index (κ3) is 2.00. The summed E-state index contributed by atoms with van der Waals surface area (Å²) in [6.07, 6.45) is 0. The van der Waals surface area contributed by atoms with Gasteiger partial charge in [-0.1, -0.05) is 11.6 Å². The molecule has 1 heterocycles. The van der Waals surface area contributed by atoms with Gasteiger partial charge in [0.1, 0.15) is 0 Å². The van der Waals surface area contributed by atoms with E-state index >= 15 is 0 Å². The van der Waals surface area contributed by atoms with E-state index in [2.05, 4.69) is 25.7 Å². The van der Waals surface area contributed by atoms with Crippen molar-refractivity contribution in [2.45, 2.75) is 0 Å². The van der Waals surface area contributed by atoms with Gasteiger partial charge in [-0.05, 0) is 28.1 Å². The molecule has 0 amide bonds. The Bertz CT molecular complexity index is 540. The number of hydrogen-bond donors (Lipinski definition) is 0. The van der Waals surface area contributed by atoms with E-state index in [1.54, 1.807) is 12.1 Å². The van der Waals surface area contributed by atoms with Crippen LogP contribution in [0.3, 0.4) is 0 Å². The number of fused-ring (bicyclic) bond motifs is 1. The van der Waals surface area contributed by atoms with Crippen molar-refractivity contribution in [2.24, 2.45) is 0 Å². The van der Waals surface area contributed by atoms with Crippen molar-refractivity contribution < 1.29 is 9.53 Å². The van der Waals surface area contributed by atoms with Gasteiger partial charge < -0.3 is 4.74 Å². The molecule has 0 spiro atoms. The fourth-order valence-corrected chi connectivity index (χ4v) is 2.97. The molecule has 15 heavy (non-hydrogen) atoms. The van der Waals surface area contributed by atoms with Crippen LogP contribution in [-0.4, -0.2) is 18.1 Å². The van der Waals surface area contributed by atoms with Gasteiger partial charge in [0.25, 0.3) is 0 Å². The van der Waals surface area contributed by atoms with E-state index in [4.69, 9.17) is 11.6 Å². The highest BCUT2D eigenvalue weighted by atomic mass is 79.9. The molecule has 2 aromatic rings. The van der Waals surface area contributed by atoms with Crippen molar-refractivity contribution in [3.63, 3.8) is 0 Å². The number of benzene rings is 1. The minimum atomic E-state index is -0.430. The number of rotatable bonds is 1. The summed E-state index contributed by atoms with van der Waals surface area (Å²) >= 11 is 10.6. The van der Waals surface area contributed by atoms with E-state index in [1.165, 1.54) is 18.4 Å². The maximum atomic E-state index is 11.5. The van der Waals surface area contributed by atoms with E-state index < -0.39 is 5.97 Å². The number of carbonyl (C=O) groups is 1. The number of thiazole rings is 1. The van der Waals surface area contributed by atoms with E-state index in [-0.39, 0.29) is 0 Å². The first-order chi connectivity index (χ1) is 7.11. The van der Waals surface area contributed by atoms with Gasteiger partial charge in [-0.3, -0.25) is 0 Å². The molecule has 0 bridgehead atoms. The normalized spacial score (nSPS) is 10.6. The molecule has 0 radical (unpaired) electrons. The molecule has 0 aliphatic heterocycles. The number of aromatic nitrogens is 1. The molecule has 2 rings (SSSR count). The third-order valence-corrected chi connectivity index (χ3v) is 3.51. The zero-order valence-electron chi connectivity index (χ0n) is 7.58. The number of esters is 1. The molecule has 1 aromatic heterocycles. The van der Waals surface area contributed by atoms with Crippen molar-refractivity contribution in [3.05, 3.63) is 26.6 Å². The molecular formula is C9H5BrClNO2S. The van der Waals surface area contributed by atoms with E-state index in [0.29, 0.717) is 20.0 Å². The van der Waals surface area contributed by atoms with Crippen LogP contribution in [-0.2, 0) is 4.74 Å². The summed E-state index contributed by atoms with van der Waals surface area (Å²) in [5.41, 5.74) is 1.00. The molecule has 0 saturated heterocycles. The van der Waals surface area contributed by atoms with E-state index in [1.807, 2.05) is 0 Å². The smallest absolute Gasteiger partial charge is 0.340 e. The number of hydrogen-bond acceptors (Lipinski definition) is 4. The Kier molecular flexibility index (Phi) is 2.95. The first kappa shape index (κ1) is 10.9. The number of carbonyl (C=O) groups excluding carboxylic acids is 1. The van der Waals surface area contributed by atoms with Crippen molar-refractivity contribution in [3.8, 4) is 0 Å². The zero-order chi connectivity index (χ0) is 11.0. The molecule has 78 valence electrons. The van der Waals surface area contributed by atoms with Crippen LogP contribution in [0.25, 0.3) is 10.2 Å². The Morgan fingerprint density at radius 2 is 2.33 bits per heavy atom. The van der Waals surface area contributed by atoms with E-state index in [0.717, 1.165) is 4.70 Å². The minimum absolute atomic E-state index is 0.391. The van der Waals surface area contributed by atoms with Gasteiger partial charge in [0.2, 0.25) is 0 Å². The Labute approximate surface area is 103 Å². The highest BCUT2D eigenvalue weighted by Crippen LogP contribution is 2.31. The first-order valence-electron chi connectivity index (χ1n) is 3.95. The molecule has 0 aliphatic rings. The van der Waals surface area contributed by atoms with E-state index in [9.17, 15) is 4.79 Å². The van der Waals surface area contributed by atoms with Gasteiger partial charge in [-0.15, -0.1) is 11.3 Å². The molecule has 1 aromatic carbocycles. The Morgan fingerprint density at radius 1 is 1.60 bits per heavy atom. The second-order valence-electron chi connectivity index (χ2n) is 2.76. The summed E-state index contributed by atoms with van der Waals surface area (Å²) < 4.78 is 6.23. The Morgan fingerprint density at radius 3 is 3.00 bits per heavy atom. The second-order valence-corrected chi connectivity index (χ2v) is 5.50. The average molecular weight is 307 g/mol.